The van der Waals surface area contributed by atoms with E-state index >= 15 is 0 Å². The summed E-state index contributed by atoms with van der Waals surface area (Å²) >= 11 is 0. The number of benzene rings is 2. The molecule has 0 aliphatic carbocycles. The van der Waals surface area contributed by atoms with Crippen LogP contribution in [0.25, 0.3) is 22.6 Å². The van der Waals surface area contributed by atoms with Crippen LogP contribution < -0.4 is 0 Å². The largest absolute Gasteiger partial charge is 0.508 e. The first-order valence-electron chi connectivity index (χ1n) is 7.74. The minimum atomic E-state index is 0.224. The van der Waals surface area contributed by atoms with Gasteiger partial charge in [0.1, 0.15) is 17.2 Å². The highest BCUT2D eigenvalue weighted by Gasteiger charge is 2.18. The Bertz CT molecular complexity index is 819. The molecule has 0 unspecified atom stereocenters. The van der Waals surface area contributed by atoms with E-state index in [1.165, 1.54) is 0 Å². The van der Waals surface area contributed by atoms with E-state index in [0.29, 0.717) is 5.75 Å². The van der Waals surface area contributed by atoms with Gasteiger partial charge < -0.3 is 14.7 Å². The normalized spacial score (nSPS) is 10.9. The van der Waals surface area contributed by atoms with E-state index in [2.05, 4.69) is 12.1 Å². The zero-order valence-corrected chi connectivity index (χ0v) is 13.2. The molecule has 0 bridgehead atoms. The maximum atomic E-state index is 9.85. The van der Waals surface area contributed by atoms with Crippen LogP contribution in [0, 0.1) is 0 Å². The molecule has 1 heterocycles. The summed E-state index contributed by atoms with van der Waals surface area (Å²) in [7, 11) is 0. The SMILES string of the molecule is CCc1cc(-c2onc(-c3ccc(O)cc3)c2CC)ccc1O. The number of aromatic nitrogens is 1. The zero-order valence-electron chi connectivity index (χ0n) is 13.2. The Morgan fingerprint density at radius 2 is 1.61 bits per heavy atom. The molecule has 2 N–H and O–H groups in total. The highest BCUT2D eigenvalue weighted by molar-refractivity contribution is 5.73. The van der Waals surface area contributed by atoms with E-state index in [0.717, 1.165) is 46.5 Å². The Hall–Kier alpha value is -2.75. The van der Waals surface area contributed by atoms with Crippen LogP contribution in [0.15, 0.2) is 47.0 Å². The molecule has 0 radical (unpaired) electrons. The third-order valence-corrected chi connectivity index (χ3v) is 4.01. The summed E-state index contributed by atoms with van der Waals surface area (Å²) in [5, 5.41) is 23.5. The first kappa shape index (κ1) is 15.2. The molecule has 118 valence electrons. The third kappa shape index (κ3) is 2.80. The van der Waals surface area contributed by atoms with Crippen molar-refractivity contribution in [2.24, 2.45) is 0 Å². The predicted molar refractivity (Wildman–Crippen MR) is 89.5 cm³/mol. The van der Waals surface area contributed by atoms with Crippen molar-refractivity contribution in [3.63, 3.8) is 0 Å². The summed E-state index contributed by atoms with van der Waals surface area (Å²) in [5.41, 5.74) is 4.50. The van der Waals surface area contributed by atoms with Gasteiger partial charge in [-0.3, -0.25) is 0 Å². The molecule has 0 saturated heterocycles. The van der Waals surface area contributed by atoms with Gasteiger partial charge in [-0.15, -0.1) is 0 Å². The molecular weight excluding hydrogens is 290 g/mol. The standard InChI is InChI=1S/C19H19NO3/c1-3-12-11-14(7-10-17(12)22)19-16(4-2)18(20-23-19)13-5-8-15(21)9-6-13/h5-11,21-22H,3-4H2,1-2H3. The van der Waals surface area contributed by atoms with Gasteiger partial charge in [0.25, 0.3) is 0 Å². The van der Waals surface area contributed by atoms with Gasteiger partial charge in [-0.1, -0.05) is 19.0 Å². The van der Waals surface area contributed by atoms with E-state index in [9.17, 15) is 10.2 Å². The van der Waals surface area contributed by atoms with Crippen LogP contribution in [0.1, 0.15) is 25.0 Å². The predicted octanol–water partition coefficient (Wildman–Crippen LogP) is 4.54. The summed E-state index contributed by atoms with van der Waals surface area (Å²) in [6.07, 6.45) is 1.53. The lowest BCUT2D eigenvalue weighted by Gasteiger charge is -2.05. The van der Waals surface area contributed by atoms with Crippen LogP contribution in [0.3, 0.4) is 0 Å². The van der Waals surface area contributed by atoms with Gasteiger partial charge in [0.15, 0.2) is 5.76 Å². The van der Waals surface area contributed by atoms with Crippen molar-refractivity contribution in [2.75, 3.05) is 0 Å². The average Bonchev–Trinajstić information content (AvgIpc) is 3.00. The quantitative estimate of drug-likeness (QED) is 0.742. The Labute approximate surface area is 135 Å². The van der Waals surface area contributed by atoms with Crippen LogP contribution in [0.2, 0.25) is 0 Å². The fourth-order valence-electron chi connectivity index (χ4n) is 2.72. The average molecular weight is 309 g/mol. The van der Waals surface area contributed by atoms with E-state index in [1.807, 2.05) is 31.2 Å². The molecule has 4 nitrogen and oxygen atoms in total. The van der Waals surface area contributed by atoms with Crippen LogP contribution in [0.4, 0.5) is 0 Å². The summed E-state index contributed by atoms with van der Waals surface area (Å²) < 4.78 is 5.60. The van der Waals surface area contributed by atoms with E-state index in [1.54, 1.807) is 18.2 Å². The topological polar surface area (TPSA) is 66.5 Å². The molecule has 4 heteroatoms. The molecule has 0 spiro atoms. The van der Waals surface area contributed by atoms with Gasteiger partial charge in [-0.05, 0) is 60.9 Å². The van der Waals surface area contributed by atoms with Crippen molar-refractivity contribution in [2.45, 2.75) is 26.7 Å². The maximum absolute atomic E-state index is 9.85. The molecule has 0 saturated carbocycles. The van der Waals surface area contributed by atoms with Crippen molar-refractivity contribution in [1.82, 2.24) is 5.16 Å². The molecule has 0 fully saturated rings. The second kappa shape index (κ2) is 6.16. The Morgan fingerprint density at radius 1 is 0.913 bits per heavy atom. The fraction of sp³-hybridized carbons (Fsp3) is 0.211. The fourth-order valence-corrected chi connectivity index (χ4v) is 2.72. The van der Waals surface area contributed by atoms with Crippen LogP contribution >= 0.6 is 0 Å². The van der Waals surface area contributed by atoms with Crippen molar-refractivity contribution < 1.29 is 14.7 Å². The monoisotopic (exact) mass is 309 g/mol. The van der Waals surface area contributed by atoms with E-state index < -0.39 is 0 Å². The van der Waals surface area contributed by atoms with Crippen LogP contribution in [0.5, 0.6) is 11.5 Å². The van der Waals surface area contributed by atoms with Gasteiger partial charge >= 0.3 is 0 Å². The summed E-state index contributed by atoms with van der Waals surface area (Å²) in [6, 6.07) is 12.4. The van der Waals surface area contributed by atoms with Crippen molar-refractivity contribution in [3.05, 3.63) is 53.6 Å². The Morgan fingerprint density at radius 3 is 2.26 bits per heavy atom. The van der Waals surface area contributed by atoms with Gasteiger partial charge in [0.2, 0.25) is 0 Å². The number of phenolic OH excluding ortho intramolecular Hbond substituents is 2. The molecule has 0 atom stereocenters. The van der Waals surface area contributed by atoms with Crippen molar-refractivity contribution >= 4 is 0 Å². The summed E-state index contributed by atoms with van der Waals surface area (Å²) in [6.45, 7) is 4.06. The zero-order chi connectivity index (χ0) is 16.4. The molecule has 0 aliphatic rings. The lowest BCUT2D eigenvalue weighted by Crippen LogP contribution is -1.89. The summed E-state index contributed by atoms with van der Waals surface area (Å²) in [5.74, 6) is 1.25. The summed E-state index contributed by atoms with van der Waals surface area (Å²) in [4.78, 5) is 0. The number of phenols is 2. The van der Waals surface area contributed by atoms with Gasteiger partial charge in [-0.2, -0.15) is 0 Å². The Balaban J connectivity index is 2.09. The van der Waals surface area contributed by atoms with E-state index in [4.69, 9.17) is 4.52 Å². The number of rotatable bonds is 4. The molecule has 3 rings (SSSR count). The van der Waals surface area contributed by atoms with Crippen LogP contribution in [-0.4, -0.2) is 15.4 Å². The maximum Gasteiger partial charge on any atom is 0.170 e. The highest BCUT2D eigenvalue weighted by atomic mass is 16.5. The molecule has 0 amide bonds. The molecule has 2 aromatic carbocycles. The lowest BCUT2D eigenvalue weighted by molar-refractivity contribution is 0.433. The molecule has 23 heavy (non-hydrogen) atoms. The molecule has 3 aromatic rings. The minimum absolute atomic E-state index is 0.224. The van der Waals surface area contributed by atoms with Crippen LogP contribution in [-0.2, 0) is 12.8 Å². The molecular formula is C19H19NO3. The van der Waals surface area contributed by atoms with Crippen molar-refractivity contribution in [1.29, 1.82) is 0 Å². The number of hydrogen-bond acceptors (Lipinski definition) is 4. The smallest absolute Gasteiger partial charge is 0.170 e. The molecule has 0 aliphatic heterocycles. The van der Waals surface area contributed by atoms with Gasteiger partial charge in [0.05, 0.1) is 0 Å². The number of nitrogens with zero attached hydrogens (tertiary/aromatic N) is 1. The first-order valence-corrected chi connectivity index (χ1v) is 7.74. The second-order valence-electron chi connectivity index (χ2n) is 5.44. The molecule has 1 aromatic heterocycles. The minimum Gasteiger partial charge on any atom is -0.508 e. The van der Waals surface area contributed by atoms with Crippen molar-refractivity contribution in [3.8, 4) is 34.1 Å². The number of aromatic hydroxyl groups is 2. The van der Waals surface area contributed by atoms with Gasteiger partial charge in [-0.25, -0.2) is 0 Å². The Kier molecular flexibility index (Phi) is 4.06. The van der Waals surface area contributed by atoms with Gasteiger partial charge in [0, 0.05) is 16.7 Å². The highest BCUT2D eigenvalue weighted by Crippen LogP contribution is 2.35. The number of hydrogen-bond donors (Lipinski definition) is 2. The lowest BCUT2D eigenvalue weighted by atomic mass is 9.99. The number of aryl methyl sites for hydroxylation is 1. The second-order valence-corrected chi connectivity index (χ2v) is 5.44. The third-order valence-electron chi connectivity index (χ3n) is 4.01. The van der Waals surface area contributed by atoms with E-state index in [-0.39, 0.29) is 5.75 Å². The first-order chi connectivity index (χ1) is 11.1.